The van der Waals surface area contributed by atoms with Gasteiger partial charge < -0.3 is 5.11 Å². The summed E-state index contributed by atoms with van der Waals surface area (Å²) in [6.45, 7) is 3.56. The van der Waals surface area contributed by atoms with Gasteiger partial charge in [-0.05, 0) is 37.6 Å². The Kier molecular flexibility index (Phi) is 3.74. The van der Waals surface area contributed by atoms with E-state index in [0.29, 0.717) is 16.9 Å². The molecule has 0 spiro atoms. The van der Waals surface area contributed by atoms with E-state index in [2.05, 4.69) is 9.98 Å². The fourth-order valence-corrected chi connectivity index (χ4v) is 1.76. The Morgan fingerprint density at radius 2 is 2.10 bits per heavy atom. The number of benzene rings is 1. The number of phenols is 1. The molecule has 1 aromatic carbocycles. The summed E-state index contributed by atoms with van der Waals surface area (Å²) in [6.07, 6.45) is 1.37. The monoisotopic (exact) mass is 271 g/mol. The number of nitrogens with zero attached hydrogens (tertiary/aromatic N) is 3. The predicted octanol–water partition coefficient (Wildman–Crippen LogP) is 3.06. The molecule has 0 saturated heterocycles. The highest BCUT2D eigenvalue weighted by Crippen LogP contribution is 2.30. The number of nitro benzene ring substituents is 1. The number of aromatic hydroxyl groups is 1. The molecule has 0 fully saturated rings. The van der Waals surface area contributed by atoms with Crippen LogP contribution in [0.4, 0.5) is 11.5 Å². The topological polar surface area (TPSA) is 88.6 Å². The molecule has 2 aromatic rings. The Hall–Kier alpha value is -2.76. The van der Waals surface area contributed by atoms with E-state index in [1.807, 2.05) is 19.1 Å². The van der Waals surface area contributed by atoms with Crippen LogP contribution in [0.25, 0.3) is 0 Å². The summed E-state index contributed by atoms with van der Waals surface area (Å²) in [5.41, 5.74) is 1.45. The Bertz CT molecular complexity index is 696. The molecule has 0 atom stereocenters. The lowest BCUT2D eigenvalue weighted by atomic mass is 10.1. The number of hydrogen-bond donors (Lipinski definition) is 1. The van der Waals surface area contributed by atoms with E-state index >= 15 is 0 Å². The van der Waals surface area contributed by atoms with E-state index < -0.39 is 10.7 Å². The molecule has 2 rings (SSSR count). The van der Waals surface area contributed by atoms with Crippen LogP contribution in [-0.2, 0) is 0 Å². The Balaban J connectivity index is 2.41. The second-order valence-corrected chi connectivity index (χ2v) is 4.37. The van der Waals surface area contributed by atoms with Crippen LogP contribution in [0.2, 0.25) is 0 Å². The van der Waals surface area contributed by atoms with Gasteiger partial charge in [-0.2, -0.15) is 0 Å². The molecule has 1 N–H and O–H groups in total. The number of aliphatic imine (C=N–C) groups is 1. The second-order valence-electron chi connectivity index (χ2n) is 4.37. The van der Waals surface area contributed by atoms with E-state index in [9.17, 15) is 15.2 Å². The first-order valence-corrected chi connectivity index (χ1v) is 5.93. The molecule has 0 saturated carbocycles. The normalized spacial score (nSPS) is 10.9. The number of aromatic nitrogens is 1. The van der Waals surface area contributed by atoms with Crippen molar-refractivity contribution in [1.29, 1.82) is 0 Å². The lowest BCUT2D eigenvalue weighted by Gasteiger charge is -2.02. The molecule has 1 heterocycles. The Morgan fingerprint density at radius 1 is 1.35 bits per heavy atom. The summed E-state index contributed by atoms with van der Waals surface area (Å²) in [5, 5.41) is 20.7. The van der Waals surface area contributed by atoms with Gasteiger partial charge in [0, 0.05) is 23.5 Å². The molecule has 20 heavy (non-hydrogen) atoms. The maximum atomic E-state index is 10.8. The van der Waals surface area contributed by atoms with Crippen LogP contribution in [0.1, 0.15) is 16.8 Å². The van der Waals surface area contributed by atoms with Crippen LogP contribution in [0.15, 0.2) is 35.3 Å². The van der Waals surface area contributed by atoms with Gasteiger partial charge in [0.15, 0.2) is 5.82 Å². The molecule has 0 radical (unpaired) electrons. The molecule has 0 aliphatic rings. The summed E-state index contributed by atoms with van der Waals surface area (Å²) in [5.74, 6) is 0.0885. The SMILES string of the molecule is Cc1cc(C=Nc2cccc(C)n2)c(O)c([N+](=O)[O-])c1. The van der Waals surface area contributed by atoms with E-state index in [1.165, 1.54) is 12.3 Å². The highest BCUT2D eigenvalue weighted by Gasteiger charge is 2.16. The fourth-order valence-electron chi connectivity index (χ4n) is 1.76. The second kappa shape index (κ2) is 5.48. The molecule has 6 heteroatoms. The minimum Gasteiger partial charge on any atom is -0.502 e. The van der Waals surface area contributed by atoms with Crippen molar-refractivity contribution in [3.8, 4) is 5.75 Å². The molecule has 1 aromatic heterocycles. The van der Waals surface area contributed by atoms with Gasteiger partial charge in [0.05, 0.1) is 4.92 Å². The number of nitro groups is 1. The van der Waals surface area contributed by atoms with Crippen molar-refractivity contribution in [2.24, 2.45) is 4.99 Å². The molecule has 6 nitrogen and oxygen atoms in total. The lowest BCUT2D eigenvalue weighted by Crippen LogP contribution is -1.93. The van der Waals surface area contributed by atoms with E-state index in [-0.39, 0.29) is 5.69 Å². The summed E-state index contributed by atoms with van der Waals surface area (Å²) < 4.78 is 0. The van der Waals surface area contributed by atoms with Gasteiger partial charge in [-0.1, -0.05) is 6.07 Å². The molecular formula is C14H13N3O3. The van der Waals surface area contributed by atoms with Crippen LogP contribution in [0, 0.1) is 24.0 Å². The van der Waals surface area contributed by atoms with Crippen LogP contribution < -0.4 is 0 Å². The van der Waals surface area contributed by atoms with Crippen LogP contribution in [0.3, 0.4) is 0 Å². The van der Waals surface area contributed by atoms with Gasteiger partial charge in [0.2, 0.25) is 5.75 Å². The summed E-state index contributed by atoms with van der Waals surface area (Å²) in [6, 6.07) is 8.31. The van der Waals surface area contributed by atoms with Crippen molar-refractivity contribution in [3.63, 3.8) is 0 Å². The van der Waals surface area contributed by atoms with Crippen molar-refractivity contribution in [1.82, 2.24) is 4.98 Å². The zero-order valence-corrected chi connectivity index (χ0v) is 11.1. The van der Waals surface area contributed by atoms with Crippen molar-refractivity contribution in [2.75, 3.05) is 0 Å². The molecule has 102 valence electrons. The number of aryl methyl sites for hydroxylation is 2. The van der Waals surface area contributed by atoms with Crippen molar-refractivity contribution in [3.05, 3.63) is 57.3 Å². The summed E-state index contributed by atoms with van der Waals surface area (Å²) in [7, 11) is 0. The van der Waals surface area contributed by atoms with E-state index in [1.54, 1.807) is 19.1 Å². The van der Waals surface area contributed by atoms with Crippen LogP contribution in [-0.4, -0.2) is 21.2 Å². The van der Waals surface area contributed by atoms with Gasteiger partial charge in [-0.3, -0.25) is 10.1 Å². The smallest absolute Gasteiger partial charge is 0.311 e. The molecule has 0 aliphatic heterocycles. The third-order valence-electron chi connectivity index (χ3n) is 2.67. The highest BCUT2D eigenvalue weighted by atomic mass is 16.6. The van der Waals surface area contributed by atoms with Crippen molar-refractivity contribution >= 4 is 17.7 Å². The molecule has 0 amide bonds. The first-order chi connectivity index (χ1) is 9.47. The maximum Gasteiger partial charge on any atom is 0.311 e. The molecule has 0 bridgehead atoms. The first-order valence-electron chi connectivity index (χ1n) is 5.93. The van der Waals surface area contributed by atoms with Gasteiger partial charge in [-0.25, -0.2) is 9.98 Å². The van der Waals surface area contributed by atoms with Crippen molar-refractivity contribution in [2.45, 2.75) is 13.8 Å². The van der Waals surface area contributed by atoms with Crippen molar-refractivity contribution < 1.29 is 10.0 Å². The van der Waals surface area contributed by atoms with Gasteiger partial charge in [-0.15, -0.1) is 0 Å². The van der Waals surface area contributed by atoms with E-state index in [0.717, 1.165) is 5.69 Å². The third-order valence-corrected chi connectivity index (χ3v) is 2.67. The van der Waals surface area contributed by atoms with Gasteiger partial charge in [0.1, 0.15) is 0 Å². The van der Waals surface area contributed by atoms with Gasteiger partial charge in [0.25, 0.3) is 0 Å². The number of pyridine rings is 1. The van der Waals surface area contributed by atoms with E-state index in [4.69, 9.17) is 0 Å². The summed E-state index contributed by atoms with van der Waals surface area (Å²) in [4.78, 5) is 18.5. The zero-order chi connectivity index (χ0) is 14.7. The van der Waals surface area contributed by atoms with Gasteiger partial charge >= 0.3 is 5.69 Å². The standard InChI is InChI=1S/C14H13N3O3/c1-9-6-11(14(18)12(7-9)17(19)20)8-15-13-5-3-4-10(2)16-13/h3-8,18H,1-2H3. The molecule has 0 aliphatic carbocycles. The quantitative estimate of drug-likeness (QED) is 0.528. The minimum atomic E-state index is -0.620. The first kappa shape index (κ1) is 13.7. The van der Waals surface area contributed by atoms with Crippen LogP contribution >= 0.6 is 0 Å². The molecular weight excluding hydrogens is 258 g/mol. The predicted molar refractivity (Wildman–Crippen MR) is 75.7 cm³/mol. The highest BCUT2D eigenvalue weighted by molar-refractivity contribution is 5.87. The molecule has 0 unspecified atom stereocenters. The number of hydrogen-bond acceptors (Lipinski definition) is 5. The number of phenolic OH excluding ortho intramolecular Hbond substituents is 1. The average molecular weight is 271 g/mol. The lowest BCUT2D eigenvalue weighted by molar-refractivity contribution is -0.385. The maximum absolute atomic E-state index is 10.8. The Morgan fingerprint density at radius 3 is 2.75 bits per heavy atom. The fraction of sp³-hybridized carbons (Fsp3) is 0.143. The average Bonchev–Trinajstić information content (AvgIpc) is 2.39. The minimum absolute atomic E-state index is 0.292. The van der Waals surface area contributed by atoms with Crippen LogP contribution in [0.5, 0.6) is 5.75 Å². The Labute approximate surface area is 115 Å². The number of rotatable bonds is 3. The third kappa shape index (κ3) is 2.97. The zero-order valence-electron chi connectivity index (χ0n) is 11.1. The summed E-state index contributed by atoms with van der Waals surface area (Å²) >= 11 is 0. The largest absolute Gasteiger partial charge is 0.502 e.